The summed E-state index contributed by atoms with van der Waals surface area (Å²) in [5, 5.41) is 10.8. The number of unbranched alkanes of at least 4 members (excludes halogenated alkanes) is 6. The van der Waals surface area contributed by atoms with Gasteiger partial charge in [0.15, 0.2) is 0 Å². The second-order valence-corrected chi connectivity index (χ2v) is 5.61. The van der Waals surface area contributed by atoms with Crippen LogP contribution in [0.3, 0.4) is 0 Å². The molecule has 0 aliphatic rings. The lowest BCUT2D eigenvalue weighted by molar-refractivity contribution is 0.431. The predicted octanol–water partition coefficient (Wildman–Crippen LogP) is 4.22. The van der Waals surface area contributed by atoms with Gasteiger partial charge in [-0.2, -0.15) is 15.4 Å². The summed E-state index contributed by atoms with van der Waals surface area (Å²) in [7, 11) is 0. The van der Waals surface area contributed by atoms with Gasteiger partial charge in [0.2, 0.25) is 0 Å². The number of aromatic amines is 1. The summed E-state index contributed by atoms with van der Waals surface area (Å²) < 4.78 is 0. The molecule has 1 aromatic rings. The van der Waals surface area contributed by atoms with E-state index in [1.54, 1.807) is 0 Å². The van der Waals surface area contributed by atoms with Gasteiger partial charge >= 0.3 is 0 Å². The van der Waals surface area contributed by atoms with Crippen LogP contribution >= 0.6 is 0 Å². The van der Waals surface area contributed by atoms with Crippen molar-refractivity contribution in [1.29, 1.82) is 0 Å². The van der Waals surface area contributed by atoms with Gasteiger partial charge in [0.1, 0.15) is 0 Å². The molecule has 0 bridgehead atoms. The monoisotopic (exact) mass is 237 g/mol. The predicted molar refractivity (Wildman–Crippen MR) is 72.0 cm³/mol. The van der Waals surface area contributed by atoms with Crippen LogP contribution in [0, 0.1) is 0 Å². The quantitative estimate of drug-likeness (QED) is 0.653. The number of nitrogens with one attached hydrogen (secondary N) is 1. The third-order valence-corrected chi connectivity index (χ3v) is 3.51. The number of aromatic nitrogens is 3. The molecule has 0 spiro atoms. The van der Waals surface area contributed by atoms with Crippen LogP contribution in [0.1, 0.15) is 77.8 Å². The Morgan fingerprint density at radius 1 is 1.06 bits per heavy atom. The van der Waals surface area contributed by atoms with Gasteiger partial charge in [-0.25, -0.2) is 0 Å². The third-order valence-electron chi connectivity index (χ3n) is 3.51. The molecule has 1 aromatic heterocycles. The number of H-pyrrole nitrogens is 1. The van der Waals surface area contributed by atoms with Crippen LogP contribution in [-0.2, 0) is 5.41 Å². The average Bonchev–Trinajstić information content (AvgIpc) is 2.82. The van der Waals surface area contributed by atoms with Crippen molar-refractivity contribution >= 4 is 0 Å². The number of rotatable bonds is 9. The summed E-state index contributed by atoms with van der Waals surface area (Å²) in [6.07, 6.45) is 12.6. The third kappa shape index (κ3) is 5.33. The molecule has 1 N–H and O–H groups in total. The van der Waals surface area contributed by atoms with Crippen molar-refractivity contribution < 1.29 is 0 Å². The fourth-order valence-corrected chi connectivity index (χ4v) is 2.18. The fourth-order valence-electron chi connectivity index (χ4n) is 2.18. The lowest BCUT2D eigenvalue weighted by Gasteiger charge is -2.21. The first kappa shape index (κ1) is 14.2. The molecule has 0 aliphatic heterocycles. The maximum atomic E-state index is 4.19. The highest BCUT2D eigenvalue weighted by atomic mass is 15.3. The van der Waals surface area contributed by atoms with Crippen LogP contribution < -0.4 is 0 Å². The van der Waals surface area contributed by atoms with Crippen LogP contribution in [0.4, 0.5) is 0 Å². The van der Waals surface area contributed by atoms with Crippen molar-refractivity contribution in [3.63, 3.8) is 0 Å². The standard InChI is InChI=1S/C14H27N3/c1-4-5-6-7-8-9-10-11-14(2,3)13-12-15-17-16-13/h12H,4-11H2,1-3H3,(H,15,16,17). The molecule has 1 heterocycles. The topological polar surface area (TPSA) is 41.6 Å². The maximum absolute atomic E-state index is 4.19. The second-order valence-electron chi connectivity index (χ2n) is 5.61. The van der Waals surface area contributed by atoms with E-state index in [0.29, 0.717) is 0 Å². The lowest BCUT2D eigenvalue weighted by atomic mass is 9.84. The van der Waals surface area contributed by atoms with E-state index >= 15 is 0 Å². The molecule has 0 fully saturated rings. The van der Waals surface area contributed by atoms with Gasteiger partial charge in [-0.3, -0.25) is 0 Å². The first-order chi connectivity index (χ1) is 8.17. The van der Waals surface area contributed by atoms with Gasteiger partial charge in [0, 0.05) is 5.41 Å². The Kier molecular flexibility index (Phi) is 6.23. The van der Waals surface area contributed by atoms with Crippen LogP contribution in [0.25, 0.3) is 0 Å². The number of hydrogen-bond acceptors (Lipinski definition) is 2. The second kappa shape index (κ2) is 7.46. The highest BCUT2D eigenvalue weighted by molar-refractivity contribution is 5.07. The number of nitrogens with zero attached hydrogens (tertiary/aromatic N) is 2. The molecule has 3 heteroatoms. The highest BCUT2D eigenvalue weighted by Gasteiger charge is 2.22. The minimum Gasteiger partial charge on any atom is -0.198 e. The van der Waals surface area contributed by atoms with Gasteiger partial charge < -0.3 is 0 Å². The Hall–Kier alpha value is -0.860. The Balaban J connectivity index is 2.10. The summed E-state index contributed by atoms with van der Waals surface area (Å²) >= 11 is 0. The highest BCUT2D eigenvalue weighted by Crippen LogP contribution is 2.27. The Bertz CT molecular complexity index is 278. The van der Waals surface area contributed by atoms with Gasteiger partial charge in [-0.05, 0) is 6.42 Å². The molecular formula is C14H27N3. The van der Waals surface area contributed by atoms with Gasteiger partial charge in [-0.15, -0.1) is 0 Å². The van der Waals surface area contributed by atoms with Crippen LogP contribution in [-0.4, -0.2) is 15.4 Å². The van der Waals surface area contributed by atoms with Gasteiger partial charge in [-0.1, -0.05) is 65.7 Å². The van der Waals surface area contributed by atoms with Crippen molar-refractivity contribution in [2.24, 2.45) is 0 Å². The summed E-state index contributed by atoms with van der Waals surface area (Å²) in [5.74, 6) is 0. The maximum Gasteiger partial charge on any atom is 0.0880 e. The molecule has 0 aliphatic carbocycles. The fraction of sp³-hybridized carbons (Fsp3) is 0.857. The van der Waals surface area contributed by atoms with Crippen molar-refractivity contribution in [3.8, 4) is 0 Å². The van der Waals surface area contributed by atoms with Crippen LogP contribution in [0.15, 0.2) is 6.20 Å². The summed E-state index contributed by atoms with van der Waals surface area (Å²) in [4.78, 5) is 0. The molecule has 0 unspecified atom stereocenters. The lowest BCUT2D eigenvalue weighted by Crippen LogP contribution is -2.17. The number of hydrogen-bond donors (Lipinski definition) is 1. The van der Waals surface area contributed by atoms with E-state index in [4.69, 9.17) is 0 Å². The van der Waals surface area contributed by atoms with Crippen molar-refractivity contribution in [2.75, 3.05) is 0 Å². The van der Waals surface area contributed by atoms with E-state index in [1.807, 2.05) is 6.20 Å². The molecule has 0 saturated carbocycles. The van der Waals surface area contributed by atoms with Crippen molar-refractivity contribution in [2.45, 2.75) is 77.6 Å². The van der Waals surface area contributed by atoms with Crippen LogP contribution in [0.5, 0.6) is 0 Å². The summed E-state index contributed by atoms with van der Waals surface area (Å²) in [6.45, 7) is 6.77. The minimum absolute atomic E-state index is 0.163. The van der Waals surface area contributed by atoms with E-state index in [9.17, 15) is 0 Å². The van der Waals surface area contributed by atoms with Crippen molar-refractivity contribution in [3.05, 3.63) is 11.9 Å². The summed E-state index contributed by atoms with van der Waals surface area (Å²) in [5.41, 5.74) is 1.25. The zero-order chi connectivity index (χ0) is 12.6. The van der Waals surface area contributed by atoms with E-state index in [-0.39, 0.29) is 5.41 Å². The minimum atomic E-state index is 0.163. The molecule has 0 radical (unpaired) electrons. The first-order valence-corrected chi connectivity index (χ1v) is 7.03. The molecule has 0 amide bonds. The van der Waals surface area contributed by atoms with Crippen LogP contribution in [0.2, 0.25) is 0 Å². The molecule has 17 heavy (non-hydrogen) atoms. The Labute approximate surface area is 105 Å². The first-order valence-electron chi connectivity index (χ1n) is 7.03. The largest absolute Gasteiger partial charge is 0.198 e. The molecule has 1 rings (SSSR count). The molecular weight excluding hydrogens is 210 g/mol. The van der Waals surface area contributed by atoms with E-state index < -0.39 is 0 Å². The normalized spacial score (nSPS) is 11.9. The van der Waals surface area contributed by atoms with E-state index in [1.165, 1.54) is 51.4 Å². The molecule has 3 nitrogen and oxygen atoms in total. The summed E-state index contributed by atoms with van der Waals surface area (Å²) in [6, 6.07) is 0. The zero-order valence-electron chi connectivity index (χ0n) is 11.6. The average molecular weight is 237 g/mol. The SMILES string of the molecule is CCCCCCCCCC(C)(C)c1cn[nH]n1. The zero-order valence-corrected chi connectivity index (χ0v) is 11.6. The molecule has 98 valence electrons. The van der Waals surface area contributed by atoms with E-state index in [2.05, 4.69) is 36.2 Å². The Morgan fingerprint density at radius 3 is 2.29 bits per heavy atom. The van der Waals surface area contributed by atoms with Gasteiger partial charge in [0.05, 0.1) is 11.9 Å². The van der Waals surface area contributed by atoms with Crippen molar-refractivity contribution in [1.82, 2.24) is 15.4 Å². The smallest absolute Gasteiger partial charge is 0.0880 e. The Morgan fingerprint density at radius 2 is 1.71 bits per heavy atom. The van der Waals surface area contributed by atoms with Gasteiger partial charge in [0.25, 0.3) is 0 Å². The molecule has 0 aromatic carbocycles. The van der Waals surface area contributed by atoms with E-state index in [0.717, 1.165) is 5.69 Å². The molecule has 0 atom stereocenters. The molecule has 0 saturated heterocycles.